The number of H-pyrrole nitrogens is 1. The van der Waals surface area contributed by atoms with Gasteiger partial charge in [0.15, 0.2) is 0 Å². The number of thioether (sulfide) groups is 1. The van der Waals surface area contributed by atoms with Crippen LogP contribution in [0.5, 0.6) is 0 Å². The Bertz CT molecular complexity index is 1070. The molecule has 0 bridgehead atoms. The van der Waals surface area contributed by atoms with Crippen LogP contribution in [0.3, 0.4) is 0 Å². The van der Waals surface area contributed by atoms with E-state index in [1.165, 1.54) is 0 Å². The first-order valence-corrected chi connectivity index (χ1v) is 11.2. The lowest BCUT2D eigenvalue weighted by Gasteiger charge is -2.35. The summed E-state index contributed by atoms with van der Waals surface area (Å²) in [6, 6.07) is 15.6. The van der Waals surface area contributed by atoms with Gasteiger partial charge < -0.3 is 10.3 Å². The van der Waals surface area contributed by atoms with Crippen LogP contribution in [0.25, 0.3) is 11.0 Å². The third kappa shape index (κ3) is 4.11. The predicted molar refractivity (Wildman–Crippen MR) is 119 cm³/mol. The molecule has 7 heteroatoms. The van der Waals surface area contributed by atoms with Crippen LogP contribution in [0.15, 0.2) is 58.2 Å². The molecule has 1 unspecified atom stereocenters. The number of anilines is 1. The third-order valence-corrected chi connectivity index (χ3v) is 6.48. The fraction of sp³-hybridized carbons (Fsp3) is 0.364. The summed E-state index contributed by atoms with van der Waals surface area (Å²) in [5, 5.41) is 3.03. The van der Waals surface area contributed by atoms with E-state index in [-0.39, 0.29) is 23.7 Å². The van der Waals surface area contributed by atoms with Gasteiger partial charge in [-0.1, -0.05) is 18.2 Å². The second-order valence-corrected chi connectivity index (χ2v) is 8.36. The normalized spacial score (nSPS) is 16.8. The maximum absolute atomic E-state index is 12.7. The summed E-state index contributed by atoms with van der Waals surface area (Å²) in [5.41, 5.74) is 2.61. The summed E-state index contributed by atoms with van der Waals surface area (Å²) in [4.78, 5) is 31.4. The van der Waals surface area contributed by atoms with Gasteiger partial charge in [-0.05, 0) is 56.4 Å². The fourth-order valence-corrected chi connectivity index (χ4v) is 4.54. The molecule has 0 aliphatic carbocycles. The Morgan fingerprint density at radius 2 is 1.93 bits per heavy atom. The van der Waals surface area contributed by atoms with E-state index in [0.29, 0.717) is 0 Å². The number of aromatic amines is 1. The summed E-state index contributed by atoms with van der Waals surface area (Å²) in [7, 11) is 0. The number of hydrogen-bond acceptors (Lipinski definition) is 4. The molecule has 3 aromatic rings. The van der Waals surface area contributed by atoms with Crippen molar-refractivity contribution in [2.75, 3.05) is 24.7 Å². The lowest BCUT2D eigenvalue weighted by molar-refractivity contribution is -0.121. The number of fused-ring (bicyclic) bond motifs is 1. The molecule has 1 atom stereocenters. The lowest BCUT2D eigenvalue weighted by Crippen LogP contribution is -2.46. The molecular formula is C22H26N4O2S. The average molecular weight is 411 g/mol. The molecule has 0 spiro atoms. The zero-order chi connectivity index (χ0) is 20.4. The van der Waals surface area contributed by atoms with Crippen LogP contribution in [0.1, 0.15) is 25.8 Å². The second kappa shape index (κ2) is 8.47. The zero-order valence-corrected chi connectivity index (χ0v) is 17.5. The summed E-state index contributed by atoms with van der Waals surface area (Å²) in [6.07, 6.45) is 3.72. The van der Waals surface area contributed by atoms with E-state index >= 15 is 0 Å². The maximum Gasteiger partial charge on any atom is 0.326 e. The number of para-hydroxylation sites is 2. The first-order chi connectivity index (χ1) is 14.1. The van der Waals surface area contributed by atoms with Crippen molar-refractivity contribution in [2.24, 2.45) is 0 Å². The van der Waals surface area contributed by atoms with Gasteiger partial charge in [-0.25, -0.2) is 4.79 Å². The number of rotatable bonds is 5. The topological polar surface area (TPSA) is 70.1 Å². The minimum atomic E-state index is -0.214. The summed E-state index contributed by atoms with van der Waals surface area (Å²) < 4.78 is 1.88. The van der Waals surface area contributed by atoms with Crippen LogP contribution < -0.4 is 11.0 Å². The van der Waals surface area contributed by atoms with Crippen molar-refractivity contribution in [1.29, 1.82) is 0 Å². The van der Waals surface area contributed by atoms with E-state index in [9.17, 15) is 9.59 Å². The van der Waals surface area contributed by atoms with Gasteiger partial charge in [-0.3, -0.25) is 14.3 Å². The smallest absolute Gasteiger partial charge is 0.325 e. The number of carbonyl (C=O) groups excluding carboxylic acids is 1. The van der Waals surface area contributed by atoms with Crippen LogP contribution in [0.4, 0.5) is 5.69 Å². The Morgan fingerprint density at radius 1 is 1.17 bits per heavy atom. The van der Waals surface area contributed by atoms with Crippen molar-refractivity contribution in [2.45, 2.75) is 36.7 Å². The lowest BCUT2D eigenvalue weighted by atomic mass is 10.0. The minimum absolute atomic E-state index is 0.00552. The van der Waals surface area contributed by atoms with Crippen molar-refractivity contribution in [3.05, 3.63) is 59.0 Å². The number of likely N-dealkylation sites (tertiary alicyclic amines) is 1. The first-order valence-electron chi connectivity index (χ1n) is 9.95. The standard InChI is InChI=1S/C22H26N4O2S/c1-15(21(27)23-16-6-5-7-18(14-16)29-2)25-12-10-17(11-13-25)26-20-9-4-3-8-19(20)24-22(26)28/h3-9,14-15,17H,10-13H2,1-2H3,(H,23,27)(H,24,28). The SMILES string of the molecule is CSc1cccc(NC(=O)C(C)N2CCC(n3c(=O)[nH]c4ccccc43)CC2)c1. The van der Waals surface area contributed by atoms with Crippen LogP contribution in [0.2, 0.25) is 0 Å². The largest absolute Gasteiger partial charge is 0.326 e. The highest BCUT2D eigenvalue weighted by atomic mass is 32.2. The molecule has 152 valence electrons. The molecule has 2 heterocycles. The van der Waals surface area contributed by atoms with Gasteiger partial charge in [0.05, 0.1) is 17.1 Å². The van der Waals surface area contributed by atoms with Crippen molar-refractivity contribution in [1.82, 2.24) is 14.5 Å². The van der Waals surface area contributed by atoms with Gasteiger partial charge in [-0.2, -0.15) is 0 Å². The Hall–Kier alpha value is -2.51. The highest BCUT2D eigenvalue weighted by Gasteiger charge is 2.28. The molecule has 0 saturated carbocycles. The number of piperidine rings is 1. The zero-order valence-electron chi connectivity index (χ0n) is 16.7. The van der Waals surface area contributed by atoms with Crippen LogP contribution >= 0.6 is 11.8 Å². The van der Waals surface area contributed by atoms with Crippen LogP contribution in [0, 0.1) is 0 Å². The molecule has 1 amide bonds. The van der Waals surface area contributed by atoms with Gasteiger partial charge in [-0.15, -0.1) is 11.8 Å². The van der Waals surface area contributed by atoms with Gasteiger partial charge >= 0.3 is 5.69 Å². The molecule has 6 nitrogen and oxygen atoms in total. The number of hydrogen-bond donors (Lipinski definition) is 2. The summed E-state index contributed by atoms with van der Waals surface area (Å²) in [5.74, 6) is 0.00552. The van der Waals surface area contributed by atoms with Crippen LogP contribution in [-0.4, -0.2) is 45.7 Å². The molecule has 1 saturated heterocycles. The predicted octanol–water partition coefficient (Wildman–Crippen LogP) is 3.72. The molecule has 2 aromatic carbocycles. The molecule has 29 heavy (non-hydrogen) atoms. The van der Waals surface area contributed by atoms with Gasteiger partial charge in [0.25, 0.3) is 0 Å². The van der Waals surface area contributed by atoms with Crippen molar-refractivity contribution in [3.63, 3.8) is 0 Å². The summed E-state index contributed by atoms with van der Waals surface area (Å²) in [6.45, 7) is 3.53. The third-order valence-electron chi connectivity index (χ3n) is 5.75. The molecule has 2 N–H and O–H groups in total. The molecule has 0 radical (unpaired) electrons. The first kappa shape index (κ1) is 19.8. The minimum Gasteiger partial charge on any atom is -0.325 e. The molecule has 1 fully saturated rings. The van der Waals surface area contributed by atoms with E-state index in [2.05, 4.69) is 15.2 Å². The van der Waals surface area contributed by atoms with E-state index in [1.807, 2.05) is 66.3 Å². The number of imidazole rings is 1. The Labute approximate surface area is 174 Å². The quantitative estimate of drug-likeness (QED) is 0.629. The summed E-state index contributed by atoms with van der Waals surface area (Å²) >= 11 is 1.66. The highest BCUT2D eigenvalue weighted by molar-refractivity contribution is 7.98. The van der Waals surface area contributed by atoms with E-state index < -0.39 is 0 Å². The number of amides is 1. The maximum atomic E-state index is 12.7. The highest BCUT2D eigenvalue weighted by Crippen LogP contribution is 2.26. The van der Waals surface area contributed by atoms with E-state index in [0.717, 1.165) is 47.5 Å². The van der Waals surface area contributed by atoms with Gasteiger partial charge in [0.1, 0.15) is 0 Å². The Morgan fingerprint density at radius 3 is 2.69 bits per heavy atom. The molecule has 4 rings (SSSR count). The number of nitrogens with one attached hydrogen (secondary N) is 2. The van der Waals surface area contributed by atoms with Crippen molar-refractivity contribution >= 4 is 34.4 Å². The number of carbonyl (C=O) groups is 1. The number of aromatic nitrogens is 2. The molecule has 1 aliphatic rings. The van der Waals surface area contributed by atoms with Crippen molar-refractivity contribution in [3.8, 4) is 0 Å². The van der Waals surface area contributed by atoms with Crippen molar-refractivity contribution < 1.29 is 4.79 Å². The van der Waals surface area contributed by atoms with Crippen LogP contribution in [-0.2, 0) is 4.79 Å². The molecular weight excluding hydrogens is 384 g/mol. The van der Waals surface area contributed by atoms with Gasteiger partial charge in [0.2, 0.25) is 5.91 Å². The second-order valence-electron chi connectivity index (χ2n) is 7.48. The van der Waals surface area contributed by atoms with E-state index in [1.54, 1.807) is 11.8 Å². The Kier molecular flexibility index (Phi) is 5.78. The molecule has 1 aromatic heterocycles. The number of benzene rings is 2. The number of nitrogens with zero attached hydrogens (tertiary/aromatic N) is 2. The van der Waals surface area contributed by atoms with Gasteiger partial charge in [0, 0.05) is 29.7 Å². The molecule has 1 aliphatic heterocycles. The Balaban J connectivity index is 1.40. The van der Waals surface area contributed by atoms with E-state index in [4.69, 9.17) is 0 Å². The fourth-order valence-electron chi connectivity index (χ4n) is 4.08. The average Bonchev–Trinajstić information content (AvgIpc) is 3.09. The monoisotopic (exact) mass is 410 g/mol.